The van der Waals surface area contributed by atoms with Gasteiger partial charge in [0.2, 0.25) is 0 Å². The number of ether oxygens (including phenoxy) is 2. The third-order valence-electron chi connectivity index (χ3n) is 2.34. The highest BCUT2D eigenvalue weighted by Gasteiger charge is 2.30. The van der Waals surface area contributed by atoms with Crippen LogP contribution in [0.3, 0.4) is 0 Å². The number of rotatable bonds is 2. The van der Waals surface area contributed by atoms with Crippen LogP contribution in [-0.4, -0.2) is 56.0 Å². The van der Waals surface area contributed by atoms with Gasteiger partial charge in [-0.3, -0.25) is 0 Å². The van der Waals surface area contributed by atoms with E-state index in [9.17, 15) is 4.79 Å². The van der Waals surface area contributed by atoms with Crippen LogP contribution in [0.5, 0.6) is 0 Å². The van der Waals surface area contributed by atoms with Gasteiger partial charge in [-0.15, -0.1) is 0 Å². The molecule has 0 saturated carbocycles. The van der Waals surface area contributed by atoms with E-state index in [1.54, 1.807) is 12.0 Å². The Morgan fingerprint density at radius 2 is 1.80 bits per heavy atom. The average Bonchev–Trinajstić information content (AvgIpc) is 2.42. The Morgan fingerprint density at radius 1 is 1.25 bits per heavy atom. The Balaban J connectivity index is 0. The summed E-state index contributed by atoms with van der Waals surface area (Å²) in [6.45, 7) is 16.4. The van der Waals surface area contributed by atoms with Crippen molar-refractivity contribution in [1.29, 1.82) is 0 Å². The molecule has 0 bridgehead atoms. The number of carbonyl (C=O) groups is 1. The van der Waals surface area contributed by atoms with Crippen molar-refractivity contribution < 1.29 is 14.3 Å². The molecule has 1 unspecified atom stereocenters. The molecular weight excluding hydrogens is 256 g/mol. The third kappa shape index (κ3) is 9.15. The normalized spacial score (nSPS) is 18.2. The van der Waals surface area contributed by atoms with E-state index in [0.717, 1.165) is 13.1 Å². The van der Waals surface area contributed by atoms with E-state index in [-0.39, 0.29) is 12.1 Å². The smallest absolute Gasteiger partial charge is 0.410 e. The maximum atomic E-state index is 11.9. The Hall–Kier alpha value is -0.810. The first-order chi connectivity index (χ1) is 9.44. The maximum absolute atomic E-state index is 11.9. The third-order valence-corrected chi connectivity index (χ3v) is 2.34. The second kappa shape index (κ2) is 12.0. The first-order valence-corrected chi connectivity index (χ1v) is 7.63. The number of hydrogen-bond acceptors (Lipinski definition) is 4. The number of nitrogens with zero attached hydrogens (tertiary/aromatic N) is 1. The first-order valence-electron chi connectivity index (χ1n) is 7.63. The molecule has 0 radical (unpaired) electrons. The fraction of sp³-hybridized carbons (Fsp3) is 0.933. The van der Waals surface area contributed by atoms with Gasteiger partial charge in [0.25, 0.3) is 0 Å². The molecule has 0 aromatic rings. The Bertz CT molecular complexity index is 238. The summed E-state index contributed by atoms with van der Waals surface area (Å²) < 4.78 is 10.5. The van der Waals surface area contributed by atoms with Crippen LogP contribution in [0, 0.1) is 0 Å². The van der Waals surface area contributed by atoms with Gasteiger partial charge in [-0.1, -0.05) is 27.7 Å². The molecule has 5 heteroatoms. The highest BCUT2D eigenvalue weighted by Crippen LogP contribution is 2.13. The van der Waals surface area contributed by atoms with Crippen molar-refractivity contribution in [3.63, 3.8) is 0 Å². The molecule has 1 N–H and O–H groups in total. The van der Waals surface area contributed by atoms with Crippen LogP contribution in [0.4, 0.5) is 4.79 Å². The predicted octanol–water partition coefficient (Wildman–Crippen LogP) is 2.89. The number of nitrogens with one attached hydrogen (secondary N) is 1. The lowest BCUT2D eigenvalue weighted by atomic mass is 10.2. The SMILES string of the molecule is CC.CC.COCC1CNCCN1C(=O)OC(C)(C)C. The van der Waals surface area contributed by atoms with Gasteiger partial charge in [0.1, 0.15) is 5.60 Å². The van der Waals surface area contributed by atoms with Crippen LogP contribution in [0.1, 0.15) is 48.5 Å². The zero-order valence-corrected chi connectivity index (χ0v) is 14.6. The topological polar surface area (TPSA) is 50.8 Å². The minimum atomic E-state index is -0.445. The summed E-state index contributed by atoms with van der Waals surface area (Å²) in [6.07, 6.45) is -0.254. The van der Waals surface area contributed by atoms with Gasteiger partial charge in [-0.2, -0.15) is 0 Å². The molecule has 1 saturated heterocycles. The first kappa shape index (κ1) is 21.5. The standard InChI is InChI=1S/C11H22N2O3.2C2H6/c1-11(2,3)16-10(14)13-6-5-12-7-9(13)8-15-4;2*1-2/h9,12H,5-8H2,1-4H3;2*1-2H3. The molecule has 0 spiro atoms. The number of piperazine rings is 1. The lowest BCUT2D eigenvalue weighted by Gasteiger charge is -2.36. The van der Waals surface area contributed by atoms with E-state index in [0.29, 0.717) is 13.2 Å². The van der Waals surface area contributed by atoms with Crippen molar-refractivity contribution in [1.82, 2.24) is 10.2 Å². The van der Waals surface area contributed by atoms with Crippen molar-refractivity contribution in [2.75, 3.05) is 33.4 Å². The monoisotopic (exact) mass is 290 g/mol. The van der Waals surface area contributed by atoms with E-state index in [1.807, 2.05) is 48.5 Å². The van der Waals surface area contributed by atoms with Gasteiger partial charge in [-0.25, -0.2) is 4.79 Å². The Morgan fingerprint density at radius 3 is 2.25 bits per heavy atom. The van der Waals surface area contributed by atoms with Crippen molar-refractivity contribution >= 4 is 6.09 Å². The zero-order valence-electron chi connectivity index (χ0n) is 14.6. The molecular formula is C15H34N2O3. The minimum Gasteiger partial charge on any atom is -0.444 e. The highest BCUT2D eigenvalue weighted by atomic mass is 16.6. The molecule has 0 aromatic heterocycles. The van der Waals surface area contributed by atoms with Crippen LogP contribution in [0.25, 0.3) is 0 Å². The summed E-state index contributed by atoms with van der Waals surface area (Å²) in [7, 11) is 1.64. The molecule has 1 heterocycles. The quantitative estimate of drug-likeness (QED) is 0.849. The fourth-order valence-electron chi connectivity index (χ4n) is 1.66. The maximum Gasteiger partial charge on any atom is 0.410 e. The summed E-state index contributed by atoms with van der Waals surface area (Å²) in [5.74, 6) is 0. The molecule has 1 aliphatic heterocycles. The van der Waals surface area contributed by atoms with Crippen molar-refractivity contribution in [2.24, 2.45) is 0 Å². The summed E-state index contributed by atoms with van der Waals surface area (Å²) in [5, 5.41) is 3.24. The van der Waals surface area contributed by atoms with E-state index < -0.39 is 5.60 Å². The van der Waals surface area contributed by atoms with Crippen molar-refractivity contribution in [3.8, 4) is 0 Å². The molecule has 20 heavy (non-hydrogen) atoms. The van der Waals surface area contributed by atoms with Crippen LogP contribution >= 0.6 is 0 Å². The zero-order chi connectivity index (χ0) is 16.2. The summed E-state index contributed by atoms with van der Waals surface area (Å²) in [6, 6.07) is 0.0635. The lowest BCUT2D eigenvalue weighted by molar-refractivity contribution is 0.000853. The molecule has 0 aromatic carbocycles. The molecule has 1 fully saturated rings. The molecule has 5 nitrogen and oxygen atoms in total. The summed E-state index contributed by atoms with van der Waals surface area (Å²) in [4.78, 5) is 13.7. The molecule has 1 aliphatic rings. The van der Waals surface area contributed by atoms with Gasteiger partial charge < -0.3 is 19.7 Å². The van der Waals surface area contributed by atoms with Gasteiger partial charge in [0, 0.05) is 26.7 Å². The summed E-state index contributed by atoms with van der Waals surface area (Å²) in [5.41, 5.74) is -0.445. The Labute approximate surface area is 125 Å². The van der Waals surface area contributed by atoms with E-state index >= 15 is 0 Å². The van der Waals surface area contributed by atoms with Gasteiger partial charge in [-0.05, 0) is 20.8 Å². The van der Waals surface area contributed by atoms with E-state index in [1.165, 1.54) is 0 Å². The van der Waals surface area contributed by atoms with E-state index in [4.69, 9.17) is 9.47 Å². The number of hydrogen-bond donors (Lipinski definition) is 1. The predicted molar refractivity (Wildman–Crippen MR) is 84.2 cm³/mol. The molecule has 1 atom stereocenters. The minimum absolute atomic E-state index is 0.0635. The second-order valence-corrected chi connectivity index (χ2v) is 4.99. The molecule has 122 valence electrons. The molecule has 1 rings (SSSR count). The largest absolute Gasteiger partial charge is 0.444 e. The summed E-state index contributed by atoms with van der Waals surface area (Å²) >= 11 is 0. The number of amides is 1. The van der Waals surface area contributed by atoms with E-state index in [2.05, 4.69) is 5.32 Å². The van der Waals surface area contributed by atoms with Crippen molar-refractivity contribution in [3.05, 3.63) is 0 Å². The van der Waals surface area contributed by atoms with Crippen LogP contribution in [0.15, 0.2) is 0 Å². The van der Waals surface area contributed by atoms with Gasteiger partial charge in [0.05, 0.1) is 12.6 Å². The van der Waals surface area contributed by atoms with Crippen LogP contribution in [0.2, 0.25) is 0 Å². The van der Waals surface area contributed by atoms with Gasteiger partial charge in [0.15, 0.2) is 0 Å². The van der Waals surface area contributed by atoms with Gasteiger partial charge >= 0.3 is 6.09 Å². The fourth-order valence-corrected chi connectivity index (χ4v) is 1.66. The molecule has 1 amide bonds. The Kier molecular flexibility index (Phi) is 12.9. The highest BCUT2D eigenvalue weighted by molar-refractivity contribution is 5.68. The van der Waals surface area contributed by atoms with Crippen molar-refractivity contribution in [2.45, 2.75) is 60.1 Å². The average molecular weight is 290 g/mol. The van der Waals surface area contributed by atoms with Crippen LogP contribution in [-0.2, 0) is 9.47 Å². The lowest BCUT2D eigenvalue weighted by Crippen LogP contribution is -2.56. The number of carbonyl (C=O) groups excluding carboxylic acids is 1. The van der Waals surface area contributed by atoms with Crippen LogP contribution < -0.4 is 5.32 Å². The number of methoxy groups -OCH3 is 1. The second-order valence-electron chi connectivity index (χ2n) is 4.99. The molecule has 0 aliphatic carbocycles.